The van der Waals surface area contributed by atoms with Crippen LogP contribution in [0.15, 0.2) is 48.5 Å². The topological polar surface area (TPSA) is 87.3 Å². The van der Waals surface area contributed by atoms with Crippen LogP contribution in [0, 0.1) is 6.92 Å². The first-order chi connectivity index (χ1) is 13.0. The molecule has 2 rings (SSSR count). The monoisotopic (exact) mass is 367 g/mol. The lowest BCUT2D eigenvalue weighted by Gasteiger charge is -2.08. The van der Waals surface area contributed by atoms with Crippen LogP contribution in [0.2, 0.25) is 0 Å². The lowest BCUT2D eigenvalue weighted by atomic mass is 10.1. The van der Waals surface area contributed by atoms with Crippen molar-refractivity contribution in [3.05, 3.63) is 65.2 Å². The van der Waals surface area contributed by atoms with Gasteiger partial charge in [0.2, 0.25) is 5.91 Å². The number of carbonyl (C=O) groups excluding carboxylic acids is 3. The summed E-state index contributed by atoms with van der Waals surface area (Å²) < 4.78 is 0. The van der Waals surface area contributed by atoms with Crippen molar-refractivity contribution in [3.63, 3.8) is 0 Å². The maximum Gasteiger partial charge on any atom is 0.251 e. The third-order valence-corrected chi connectivity index (χ3v) is 3.92. The van der Waals surface area contributed by atoms with Crippen molar-refractivity contribution in [1.29, 1.82) is 0 Å². The second-order valence-corrected chi connectivity index (χ2v) is 6.25. The van der Waals surface area contributed by atoms with Gasteiger partial charge in [0, 0.05) is 36.3 Å². The summed E-state index contributed by atoms with van der Waals surface area (Å²) in [6, 6.07) is 14.0. The lowest BCUT2D eigenvalue weighted by Crippen LogP contribution is -2.34. The van der Waals surface area contributed by atoms with E-state index in [-0.39, 0.29) is 17.7 Å². The van der Waals surface area contributed by atoms with Gasteiger partial charge in [-0.25, -0.2) is 0 Å². The molecule has 0 atom stereocenters. The highest BCUT2D eigenvalue weighted by Crippen LogP contribution is 2.10. The van der Waals surface area contributed by atoms with Gasteiger partial charge in [-0.3, -0.25) is 14.4 Å². The van der Waals surface area contributed by atoms with Crippen molar-refractivity contribution >= 4 is 23.4 Å². The van der Waals surface area contributed by atoms with E-state index in [2.05, 4.69) is 16.0 Å². The molecule has 0 heterocycles. The molecule has 2 aromatic rings. The minimum absolute atomic E-state index is 0.0426. The normalized spacial score (nSPS) is 10.1. The fourth-order valence-corrected chi connectivity index (χ4v) is 2.42. The Kier molecular flexibility index (Phi) is 7.55. The summed E-state index contributed by atoms with van der Waals surface area (Å²) in [5.74, 6) is -0.443. The van der Waals surface area contributed by atoms with Crippen molar-refractivity contribution in [1.82, 2.24) is 10.6 Å². The number of anilines is 1. The second-order valence-electron chi connectivity index (χ2n) is 6.25. The summed E-state index contributed by atoms with van der Waals surface area (Å²) in [7, 11) is 0. The number of aryl methyl sites for hydroxylation is 1. The third-order valence-electron chi connectivity index (χ3n) is 3.92. The Labute approximate surface area is 159 Å². The maximum absolute atomic E-state index is 12.1. The van der Waals surface area contributed by atoms with E-state index >= 15 is 0 Å². The highest BCUT2D eigenvalue weighted by atomic mass is 16.2. The quantitative estimate of drug-likeness (QED) is 0.627. The number of carbonyl (C=O) groups is 3. The molecule has 0 radical (unpaired) electrons. The average molecular weight is 367 g/mol. The molecule has 0 spiro atoms. The highest BCUT2D eigenvalue weighted by Gasteiger charge is 2.07. The van der Waals surface area contributed by atoms with Gasteiger partial charge in [-0.15, -0.1) is 0 Å². The molecule has 3 N–H and O–H groups in total. The highest BCUT2D eigenvalue weighted by molar-refractivity contribution is 5.96. The zero-order chi connectivity index (χ0) is 19.6. The smallest absolute Gasteiger partial charge is 0.251 e. The molecule has 0 saturated carbocycles. The van der Waals surface area contributed by atoms with Crippen LogP contribution in [0.3, 0.4) is 0 Å². The Bertz CT molecular complexity index is 783. The van der Waals surface area contributed by atoms with E-state index in [4.69, 9.17) is 0 Å². The van der Waals surface area contributed by atoms with Crippen LogP contribution in [-0.2, 0) is 4.79 Å². The molecule has 0 fully saturated rings. The summed E-state index contributed by atoms with van der Waals surface area (Å²) in [6.45, 7) is 4.56. The molecule has 0 unspecified atom stereocenters. The molecule has 3 amide bonds. The van der Waals surface area contributed by atoms with Crippen LogP contribution < -0.4 is 16.0 Å². The van der Waals surface area contributed by atoms with E-state index in [1.54, 1.807) is 36.4 Å². The Morgan fingerprint density at radius 3 is 1.74 bits per heavy atom. The van der Waals surface area contributed by atoms with Gasteiger partial charge in [-0.05, 0) is 49.7 Å². The fraction of sp³-hybridized carbons (Fsp3) is 0.286. The van der Waals surface area contributed by atoms with Crippen molar-refractivity contribution in [2.45, 2.75) is 26.7 Å². The van der Waals surface area contributed by atoms with Crippen LogP contribution >= 0.6 is 0 Å². The average Bonchev–Trinajstić information content (AvgIpc) is 2.66. The SMILES string of the molecule is CCCC(=O)Nc1ccc(C(=O)NCCNC(=O)c2ccc(C)cc2)cc1. The van der Waals surface area contributed by atoms with Crippen molar-refractivity contribution in [3.8, 4) is 0 Å². The summed E-state index contributed by atoms with van der Waals surface area (Å²) in [6.07, 6.45) is 1.25. The molecule has 27 heavy (non-hydrogen) atoms. The molecule has 0 bridgehead atoms. The summed E-state index contributed by atoms with van der Waals surface area (Å²) >= 11 is 0. The molecule has 2 aromatic carbocycles. The Balaban J connectivity index is 1.74. The second kappa shape index (κ2) is 10.1. The van der Waals surface area contributed by atoms with Gasteiger partial charge in [-0.2, -0.15) is 0 Å². The molecule has 6 nitrogen and oxygen atoms in total. The first kappa shape index (κ1) is 20.2. The van der Waals surface area contributed by atoms with Gasteiger partial charge in [0.05, 0.1) is 0 Å². The van der Waals surface area contributed by atoms with Crippen LogP contribution in [0.25, 0.3) is 0 Å². The Morgan fingerprint density at radius 1 is 0.778 bits per heavy atom. The Hall–Kier alpha value is -3.15. The predicted octanol–water partition coefficient (Wildman–Crippen LogP) is 2.89. The molecule has 0 aliphatic heterocycles. The van der Waals surface area contributed by atoms with Gasteiger partial charge in [0.25, 0.3) is 11.8 Å². The van der Waals surface area contributed by atoms with E-state index in [1.165, 1.54) is 0 Å². The number of nitrogens with one attached hydrogen (secondary N) is 3. The van der Waals surface area contributed by atoms with Gasteiger partial charge >= 0.3 is 0 Å². The predicted molar refractivity (Wildman–Crippen MR) is 106 cm³/mol. The largest absolute Gasteiger partial charge is 0.350 e. The van der Waals surface area contributed by atoms with Crippen LogP contribution in [0.1, 0.15) is 46.0 Å². The molecular formula is C21H25N3O3. The van der Waals surface area contributed by atoms with Crippen molar-refractivity contribution in [2.24, 2.45) is 0 Å². The van der Waals surface area contributed by atoms with Gasteiger partial charge in [0.15, 0.2) is 0 Å². The van der Waals surface area contributed by atoms with Crippen LogP contribution in [0.4, 0.5) is 5.69 Å². The van der Waals surface area contributed by atoms with E-state index in [0.717, 1.165) is 12.0 Å². The maximum atomic E-state index is 12.1. The third kappa shape index (κ3) is 6.58. The molecule has 0 aliphatic carbocycles. The van der Waals surface area contributed by atoms with Crippen molar-refractivity contribution < 1.29 is 14.4 Å². The zero-order valence-electron chi connectivity index (χ0n) is 15.7. The van der Waals surface area contributed by atoms with E-state index in [0.29, 0.717) is 36.3 Å². The fourth-order valence-electron chi connectivity index (χ4n) is 2.42. The zero-order valence-corrected chi connectivity index (χ0v) is 15.7. The van der Waals surface area contributed by atoms with Gasteiger partial charge in [-0.1, -0.05) is 24.6 Å². The van der Waals surface area contributed by atoms with E-state index in [1.807, 2.05) is 26.0 Å². The molecule has 142 valence electrons. The van der Waals surface area contributed by atoms with Gasteiger partial charge in [0.1, 0.15) is 0 Å². The van der Waals surface area contributed by atoms with Gasteiger partial charge < -0.3 is 16.0 Å². The van der Waals surface area contributed by atoms with E-state index < -0.39 is 0 Å². The minimum Gasteiger partial charge on any atom is -0.350 e. The number of hydrogen-bond donors (Lipinski definition) is 3. The van der Waals surface area contributed by atoms with E-state index in [9.17, 15) is 14.4 Å². The molecule has 6 heteroatoms. The number of rotatable bonds is 8. The van der Waals surface area contributed by atoms with Crippen LogP contribution in [-0.4, -0.2) is 30.8 Å². The molecular weight excluding hydrogens is 342 g/mol. The molecule has 0 aliphatic rings. The minimum atomic E-state index is -0.231. The number of amides is 3. The van der Waals surface area contributed by atoms with Crippen molar-refractivity contribution in [2.75, 3.05) is 18.4 Å². The molecule has 0 aromatic heterocycles. The summed E-state index contributed by atoms with van der Waals surface area (Å²) in [4.78, 5) is 35.7. The first-order valence-electron chi connectivity index (χ1n) is 9.02. The Morgan fingerprint density at radius 2 is 1.26 bits per heavy atom. The standard InChI is InChI=1S/C21H25N3O3/c1-3-4-19(25)24-18-11-9-17(10-12-18)21(27)23-14-13-22-20(26)16-7-5-15(2)6-8-16/h5-12H,3-4,13-14H2,1-2H3,(H,22,26)(H,23,27)(H,24,25). The lowest BCUT2D eigenvalue weighted by molar-refractivity contribution is -0.116. The number of hydrogen-bond acceptors (Lipinski definition) is 3. The van der Waals surface area contributed by atoms with Crippen LogP contribution in [0.5, 0.6) is 0 Å². The molecule has 0 saturated heterocycles. The first-order valence-corrected chi connectivity index (χ1v) is 9.02. The summed E-state index contributed by atoms with van der Waals surface area (Å²) in [5.41, 5.74) is 2.84. The summed E-state index contributed by atoms with van der Waals surface area (Å²) in [5, 5.41) is 8.30. The number of benzene rings is 2.